The van der Waals surface area contributed by atoms with Crippen LogP contribution in [0.4, 0.5) is 0 Å². The lowest BCUT2D eigenvalue weighted by atomic mass is 9.69. The highest BCUT2D eigenvalue weighted by Crippen LogP contribution is 2.41. The van der Waals surface area contributed by atoms with Crippen LogP contribution in [0.1, 0.15) is 93.3 Å². The van der Waals surface area contributed by atoms with Gasteiger partial charge in [-0.2, -0.15) is 0 Å². The molecule has 0 aliphatic carbocycles. The molecule has 0 radical (unpaired) electrons. The van der Waals surface area contributed by atoms with E-state index in [4.69, 9.17) is 10.5 Å². The van der Waals surface area contributed by atoms with Gasteiger partial charge >= 0.3 is 5.97 Å². The van der Waals surface area contributed by atoms with Gasteiger partial charge < -0.3 is 15.6 Å². The first kappa shape index (κ1) is 30.6. The van der Waals surface area contributed by atoms with E-state index in [1.165, 1.54) is 40.5 Å². The van der Waals surface area contributed by atoms with E-state index in [0.29, 0.717) is 0 Å². The Bertz CT molecular complexity index is 1270. The number of aryl methyl sites for hydroxylation is 3. The summed E-state index contributed by atoms with van der Waals surface area (Å²) in [5.41, 5.74) is 15.3. The maximum atomic E-state index is 11.8. The molecule has 0 fully saturated rings. The molecule has 0 saturated carbocycles. The van der Waals surface area contributed by atoms with E-state index in [0.717, 1.165) is 36.8 Å². The first-order valence-corrected chi connectivity index (χ1v) is 14.2. The van der Waals surface area contributed by atoms with Crippen LogP contribution < -0.4 is 5.73 Å². The molecule has 1 unspecified atom stereocenters. The van der Waals surface area contributed by atoms with E-state index in [1.54, 1.807) is 0 Å². The van der Waals surface area contributed by atoms with Gasteiger partial charge in [-0.15, -0.1) is 0 Å². The van der Waals surface area contributed by atoms with Gasteiger partial charge in [0.05, 0.1) is 13.2 Å². The van der Waals surface area contributed by atoms with Gasteiger partial charge in [0, 0.05) is 5.41 Å². The monoisotopic (exact) mass is 529 g/mol. The maximum Gasteiger partial charge on any atom is 0.327 e. The Morgan fingerprint density at radius 2 is 1.46 bits per heavy atom. The van der Waals surface area contributed by atoms with E-state index in [-0.39, 0.29) is 16.9 Å². The number of esters is 1. The predicted molar refractivity (Wildman–Crippen MR) is 162 cm³/mol. The Hall–Kier alpha value is -2.95. The van der Waals surface area contributed by atoms with Crippen molar-refractivity contribution in [2.45, 2.75) is 91.7 Å². The molecule has 3 aromatic carbocycles. The van der Waals surface area contributed by atoms with Gasteiger partial charge in [0.15, 0.2) is 0 Å². The molecule has 4 nitrogen and oxygen atoms in total. The van der Waals surface area contributed by atoms with Gasteiger partial charge in [0.25, 0.3) is 0 Å². The van der Waals surface area contributed by atoms with Crippen LogP contribution in [0.5, 0.6) is 0 Å². The number of benzene rings is 3. The molecule has 0 aliphatic heterocycles. The molecule has 0 amide bonds. The van der Waals surface area contributed by atoms with Crippen molar-refractivity contribution in [2.24, 2.45) is 11.1 Å². The number of aliphatic hydroxyl groups excluding tert-OH is 1. The molecule has 0 spiro atoms. The van der Waals surface area contributed by atoms with Crippen molar-refractivity contribution in [3.05, 3.63) is 94.0 Å². The number of methoxy groups -OCH3 is 1. The minimum atomic E-state index is -0.777. The Morgan fingerprint density at radius 3 is 1.95 bits per heavy atom. The third-order valence-corrected chi connectivity index (χ3v) is 8.60. The van der Waals surface area contributed by atoms with Crippen LogP contribution in [0.2, 0.25) is 0 Å². The highest BCUT2D eigenvalue weighted by Gasteiger charge is 2.31. The second kappa shape index (κ2) is 12.5. The van der Waals surface area contributed by atoms with Gasteiger partial charge in [-0.1, -0.05) is 95.3 Å². The Kier molecular flexibility index (Phi) is 9.79. The summed E-state index contributed by atoms with van der Waals surface area (Å²) >= 11 is 0. The van der Waals surface area contributed by atoms with Gasteiger partial charge in [0.2, 0.25) is 0 Å². The number of rotatable bonds is 10. The summed E-state index contributed by atoms with van der Waals surface area (Å²) in [6, 6.07) is 20.8. The molecule has 0 saturated heterocycles. The zero-order valence-corrected chi connectivity index (χ0v) is 25.1. The lowest BCUT2D eigenvalue weighted by Crippen LogP contribution is -2.27. The van der Waals surface area contributed by atoms with E-state index in [9.17, 15) is 9.90 Å². The van der Waals surface area contributed by atoms with Crippen LogP contribution in [0.15, 0.2) is 60.7 Å². The number of nitrogens with two attached hydrogens (primary N) is 1. The Labute approximate surface area is 235 Å². The van der Waals surface area contributed by atoms with Crippen LogP contribution >= 0.6 is 0 Å². The van der Waals surface area contributed by atoms with Crippen LogP contribution in [-0.2, 0) is 21.4 Å². The van der Waals surface area contributed by atoms with E-state index < -0.39 is 12.0 Å². The highest BCUT2D eigenvalue weighted by molar-refractivity contribution is 5.78. The molecular formula is C35H47NO3. The summed E-state index contributed by atoms with van der Waals surface area (Å²) < 4.78 is 4.78. The van der Waals surface area contributed by atoms with E-state index in [2.05, 4.69) is 84.9 Å². The average molecular weight is 530 g/mol. The fourth-order valence-electron chi connectivity index (χ4n) is 5.65. The smallest absolute Gasteiger partial charge is 0.327 e. The first-order valence-electron chi connectivity index (χ1n) is 14.2. The van der Waals surface area contributed by atoms with Crippen molar-refractivity contribution in [1.29, 1.82) is 0 Å². The molecule has 4 heteroatoms. The number of carbonyl (C=O) groups is 1. The highest BCUT2D eigenvalue weighted by atomic mass is 16.5. The van der Waals surface area contributed by atoms with Crippen molar-refractivity contribution in [3.63, 3.8) is 0 Å². The fourth-order valence-corrected chi connectivity index (χ4v) is 5.65. The van der Waals surface area contributed by atoms with Crippen LogP contribution in [-0.4, -0.2) is 24.3 Å². The normalized spacial score (nSPS) is 13.7. The molecule has 0 aliphatic rings. The van der Waals surface area contributed by atoms with Crippen molar-refractivity contribution in [1.82, 2.24) is 0 Å². The average Bonchev–Trinajstić information content (AvgIpc) is 2.92. The first-order chi connectivity index (χ1) is 18.4. The second-order valence-corrected chi connectivity index (χ2v) is 12.0. The van der Waals surface area contributed by atoms with Crippen molar-refractivity contribution >= 4 is 5.97 Å². The molecule has 3 rings (SSSR count). The summed E-state index contributed by atoms with van der Waals surface area (Å²) in [5.74, 6) is -0.440. The third-order valence-electron chi connectivity index (χ3n) is 8.60. The SMILES string of the molecule is CCC(CC)(c1ccc(CC[C@@H](O)C(C)(C)C)c(C)c1)c1ccc(-c2ccc(C(N)C(=O)OC)cc2)c(C)c1. The largest absolute Gasteiger partial charge is 0.468 e. The second-order valence-electron chi connectivity index (χ2n) is 12.0. The van der Waals surface area contributed by atoms with Gasteiger partial charge in [-0.25, -0.2) is 0 Å². The van der Waals surface area contributed by atoms with Gasteiger partial charge in [-0.3, -0.25) is 4.79 Å². The maximum absolute atomic E-state index is 11.8. The lowest BCUT2D eigenvalue weighted by molar-refractivity contribution is -0.142. The van der Waals surface area contributed by atoms with Crippen LogP contribution in [0, 0.1) is 19.3 Å². The zero-order chi connectivity index (χ0) is 29.0. The quantitative estimate of drug-likeness (QED) is 0.265. The number of hydrogen-bond donors (Lipinski definition) is 2. The molecular weight excluding hydrogens is 482 g/mol. The molecule has 0 heterocycles. The number of aliphatic hydroxyl groups is 1. The number of ether oxygens (including phenoxy) is 1. The molecule has 2 atom stereocenters. The van der Waals surface area contributed by atoms with Crippen LogP contribution in [0.25, 0.3) is 11.1 Å². The molecule has 3 aromatic rings. The fraction of sp³-hybridized carbons (Fsp3) is 0.457. The van der Waals surface area contributed by atoms with Gasteiger partial charge in [-0.05, 0) is 89.5 Å². The topological polar surface area (TPSA) is 72.5 Å². The van der Waals surface area contributed by atoms with Crippen molar-refractivity contribution in [3.8, 4) is 11.1 Å². The van der Waals surface area contributed by atoms with Crippen LogP contribution in [0.3, 0.4) is 0 Å². The number of hydrogen-bond acceptors (Lipinski definition) is 4. The molecule has 210 valence electrons. The van der Waals surface area contributed by atoms with E-state index >= 15 is 0 Å². The minimum Gasteiger partial charge on any atom is -0.468 e. The lowest BCUT2D eigenvalue weighted by Gasteiger charge is -2.34. The molecule has 3 N–H and O–H groups in total. The summed E-state index contributed by atoms with van der Waals surface area (Å²) in [6.07, 6.45) is 3.34. The summed E-state index contributed by atoms with van der Waals surface area (Å²) in [6.45, 7) is 15.2. The molecule has 0 bridgehead atoms. The molecule has 39 heavy (non-hydrogen) atoms. The number of carbonyl (C=O) groups excluding carboxylic acids is 1. The summed E-state index contributed by atoms with van der Waals surface area (Å²) in [4.78, 5) is 11.8. The minimum absolute atomic E-state index is 0.0748. The standard InChI is InChI=1S/C35H47NO3/c1-9-35(10-2,28-17-15-25(23(3)21-28)16-20-31(37)34(5,6)7)29-18-19-30(24(4)22-29)26-11-13-27(14-12-26)32(36)33(38)39-8/h11-15,17-19,21-22,31-32,37H,9-10,16,20,36H2,1-8H3/t31-,32?/m1/s1. The third kappa shape index (κ3) is 6.62. The zero-order valence-electron chi connectivity index (χ0n) is 25.1. The summed E-state index contributed by atoms with van der Waals surface area (Å²) in [5, 5.41) is 10.5. The predicted octanol–water partition coefficient (Wildman–Crippen LogP) is 7.59. The van der Waals surface area contributed by atoms with Gasteiger partial charge in [0.1, 0.15) is 6.04 Å². The van der Waals surface area contributed by atoms with Crippen molar-refractivity contribution in [2.75, 3.05) is 7.11 Å². The van der Waals surface area contributed by atoms with Crippen molar-refractivity contribution < 1.29 is 14.6 Å². The summed E-state index contributed by atoms with van der Waals surface area (Å²) in [7, 11) is 1.35. The Morgan fingerprint density at radius 1 is 0.897 bits per heavy atom. The Balaban J connectivity index is 1.90. The van der Waals surface area contributed by atoms with E-state index in [1.807, 2.05) is 24.3 Å². The molecule has 0 aromatic heterocycles.